The number of hydrogen-bond acceptors (Lipinski definition) is 4. The first kappa shape index (κ1) is 16.6. The van der Waals surface area contributed by atoms with Crippen molar-refractivity contribution >= 4 is 34.1 Å². The molecule has 2 aromatic heterocycles. The van der Waals surface area contributed by atoms with E-state index in [-0.39, 0.29) is 0 Å². The van der Waals surface area contributed by atoms with Gasteiger partial charge in [0.25, 0.3) is 0 Å². The molecule has 0 aliphatic rings. The highest BCUT2D eigenvalue weighted by Gasteiger charge is 2.15. The van der Waals surface area contributed by atoms with Gasteiger partial charge in [0.1, 0.15) is 11.6 Å². The standard InChI is InChI=1S/C18H16N6S/c1-3-8-20-18(25)23-17-13(10-19)11-21-24(17)16-9-12(2)14-6-4-5-7-15(14)22-16/h3-7,9,11H,1,8H2,2H3,(H2,20,23,25). The molecule has 0 saturated carbocycles. The fraction of sp³-hybridized carbons (Fsp3) is 0.111. The van der Waals surface area contributed by atoms with Crippen molar-refractivity contribution in [2.75, 3.05) is 11.9 Å². The van der Waals surface area contributed by atoms with E-state index >= 15 is 0 Å². The van der Waals surface area contributed by atoms with Gasteiger partial charge in [-0.3, -0.25) is 0 Å². The molecule has 7 heteroatoms. The van der Waals surface area contributed by atoms with E-state index in [0.29, 0.717) is 28.9 Å². The maximum atomic E-state index is 9.35. The fourth-order valence-corrected chi connectivity index (χ4v) is 2.66. The Hall–Kier alpha value is -3.24. The Kier molecular flexibility index (Phi) is 4.73. The molecule has 0 spiro atoms. The van der Waals surface area contributed by atoms with Gasteiger partial charge in [0, 0.05) is 11.9 Å². The molecule has 0 aliphatic heterocycles. The van der Waals surface area contributed by atoms with Crippen molar-refractivity contribution in [3.05, 3.63) is 60.3 Å². The Morgan fingerprint density at radius 1 is 1.44 bits per heavy atom. The predicted octanol–water partition coefficient (Wildman–Crippen LogP) is 3.07. The summed E-state index contributed by atoms with van der Waals surface area (Å²) in [6.07, 6.45) is 3.19. The van der Waals surface area contributed by atoms with E-state index in [0.717, 1.165) is 16.5 Å². The van der Waals surface area contributed by atoms with E-state index in [1.807, 2.05) is 37.3 Å². The summed E-state index contributed by atoms with van der Waals surface area (Å²) < 4.78 is 1.58. The van der Waals surface area contributed by atoms with Crippen LogP contribution < -0.4 is 10.6 Å². The molecule has 0 atom stereocenters. The third kappa shape index (κ3) is 3.34. The molecule has 0 fully saturated rings. The number of aryl methyl sites for hydroxylation is 1. The highest BCUT2D eigenvalue weighted by molar-refractivity contribution is 7.80. The monoisotopic (exact) mass is 348 g/mol. The van der Waals surface area contributed by atoms with E-state index in [1.54, 1.807) is 10.8 Å². The molecule has 1 aromatic carbocycles. The lowest BCUT2D eigenvalue weighted by atomic mass is 10.1. The van der Waals surface area contributed by atoms with Crippen LogP contribution in [0.2, 0.25) is 0 Å². The summed E-state index contributed by atoms with van der Waals surface area (Å²) in [6, 6.07) is 11.9. The smallest absolute Gasteiger partial charge is 0.172 e. The van der Waals surface area contributed by atoms with Crippen LogP contribution in [-0.2, 0) is 0 Å². The van der Waals surface area contributed by atoms with Crippen molar-refractivity contribution in [2.24, 2.45) is 0 Å². The third-order valence-electron chi connectivity index (χ3n) is 3.66. The molecule has 0 radical (unpaired) electrons. The first-order valence-corrected chi connectivity index (χ1v) is 8.05. The van der Waals surface area contributed by atoms with Crippen LogP contribution in [-0.4, -0.2) is 26.4 Å². The van der Waals surface area contributed by atoms with Crippen molar-refractivity contribution in [1.29, 1.82) is 5.26 Å². The summed E-state index contributed by atoms with van der Waals surface area (Å²) >= 11 is 5.25. The summed E-state index contributed by atoms with van der Waals surface area (Å²) in [5.41, 5.74) is 2.33. The zero-order valence-corrected chi connectivity index (χ0v) is 14.5. The van der Waals surface area contributed by atoms with Gasteiger partial charge >= 0.3 is 0 Å². The SMILES string of the molecule is C=CCNC(=S)Nc1c(C#N)cnn1-c1cc(C)c2ccccc2n1. The molecule has 3 aromatic rings. The second kappa shape index (κ2) is 7.11. The highest BCUT2D eigenvalue weighted by atomic mass is 32.1. The van der Waals surface area contributed by atoms with Gasteiger partial charge in [0.05, 0.1) is 11.7 Å². The summed E-state index contributed by atoms with van der Waals surface area (Å²) in [4.78, 5) is 4.66. The number of hydrogen-bond donors (Lipinski definition) is 2. The van der Waals surface area contributed by atoms with Crippen LogP contribution in [0.3, 0.4) is 0 Å². The average Bonchev–Trinajstić information content (AvgIpc) is 3.02. The summed E-state index contributed by atoms with van der Waals surface area (Å²) in [7, 11) is 0. The fourth-order valence-electron chi connectivity index (χ4n) is 2.48. The molecule has 0 bridgehead atoms. The number of nitriles is 1. The number of anilines is 1. The summed E-state index contributed by atoms with van der Waals surface area (Å²) in [5, 5.41) is 21.1. The lowest BCUT2D eigenvalue weighted by Gasteiger charge is -2.12. The van der Waals surface area contributed by atoms with Crippen LogP contribution in [0, 0.1) is 18.3 Å². The van der Waals surface area contributed by atoms with E-state index in [4.69, 9.17) is 12.2 Å². The molecule has 2 heterocycles. The van der Waals surface area contributed by atoms with Crippen molar-refractivity contribution < 1.29 is 0 Å². The largest absolute Gasteiger partial charge is 0.359 e. The number of thiocarbonyl (C=S) groups is 1. The minimum absolute atomic E-state index is 0.385. The minimum atomic E-state index is 0.385. The van der Waals surface area contributed by atoms with Gasteiger partial charge in [-0.25, -0.2) is 4.98 Å². The molecule has 124 valence electrons. The molecule has 0 amide bonds. The highest BCUT2D eigenvalue weighted by Crippen LogP contribution is 2.23. The Labute approximate surface area is 150 Å². The molecule has 6 nitrogen and oxygen atoms in total. The maximum Gasteiger partial charge on any atom is 0.172 e. The van der Waals surface area contributed by atoms with E-state index in [2.05, 4.69) is 33.4 Å². The van der Waals surface area contributed by atoms with Gasteiger partial charge in [-0.2, -0.15) is 15.0 Å². The molecule has 0 saturated heterocycles. The molecular weight excluding hydrogens is 332 g/mol. The molecule has 0 aliphatic carbocycles. The molecule has 25 heavy (non-hydrogen) atoms. The first-order valence-electron chi connectivity index (χ1n) is 7.64. The number of nitrogens with one attached hydrogen (secondary N) is 2. The van der Waals surface area contributed by atoms with Gasteiger partial charge in [-0.05, 0) is 36.8 Å². The van der Waals surface area contributed by atoms with Crippen LogP contribution in [0.15, 0.2) is 49.2 Å². The zero-order valence-electron chi connectivity index (χ0n) is 13.7. The van der Waals surface area contributed by atoms with Crippen LogP contribution in [0.4, 0.5) is 5.82 Å². The number of nitrogens with zero attached hydrogens (tertiary/aromatic N) is 4. The van der Waals surface area contributed by atoms with Gasteiger partial charge in [-0.15, -0.1) is 6.58 Å². The van der Waals surface area contributed by atoms with Crippen molar-refractivity contribution in [1.82, 2.24) is 20.1 Å². The van der Waals surface area contributed by atoms with Crippen molar-refractivity contribution in [2.45, 2.75) is 6.92 Å². The average molecular weight is 348 g/mol. The second-order valence-electron chi connectivity index (χ2n) is 5.37. The van der Waals surface area contributed by atoms with Crippen LogP contribution in [0.5, 0.6) is 0 Å². The van der Waals surface area contributed by atoms with Crippen LogP contribution in [0.25, 0.3) is 16.7 Å². The number of aromatic nitrogens is 3. The Morgan fingerprint density at radius 2 is 2.24 bits per heavy atom. The number of benzene rings is 1. The number of para-hydroxylation sites is 1. The second-order valence-corrected chi connectivity index (χ2v) is 5.78. The predicted molar refractivity (Wildman–Crippen MR) is 103 cm³/mol. The van der Waals surface area contributed by atoms with Crippen molar-refractivity contribution in [3.8, 4) is 11.9 Å². The van der Waals surface area contributed by atoms with Gasteiger partial charge in [0.2, 0.25) is 0 Å². The minimum Gasteiger partial charge on any atom is -0.359 e. The van der Waals surface area contributed by atoms with E-state index in [1.165, 1.54) is 6.20 Å². The number of fused-ring (bicyclic) bond motifs is 1. The molecule has 0 unspecified atom stereocenters. The molecule has 3 rings (SSSR count). The van der Waals surface area contributed by atoms with Crippen molar-refractivity contribution in [3.63, 3.8) is 0 Å². The van der Waals surface area contributed by atoms with Gasteiger partial charge in [-0.1, -0.05) is 24.3 Å². The number of pyridine rings is 1. The zero-order chi connectivity index (χ0) is 17.8. The summed E-state index contributed by atoms with van der Waals surface area (Å²) in [5.74, 6) is 1.10. The Bertz CT molecular complexity index is 998. The van der Waals surface area contributed by atoms with E-state index < -0.39 is 0 Å². The third-order valence-corrected chi connectivity index (χ3v) is 3.90. The van der Waals surface area contributed by atoms with Crippen LogP contribution >= 0.6 is 12.2 Å². The summed E-state index contributed by atoms with van der Waals surface area (Å²) in [6.45, 7) is 6.18. The lowest BCUT2D eigenvalue weighted by molar-refractivity contribution is 0.858. The lowest BCUT2D eigenvalue weighted by Crippen LogP contribution is -2.29. The maximum absolute atomic E-state index is 9.35. The Morgan fingerprint density at radius 3 is 3.00 bits per heavy atom. The molecular formula is C18H16N6S. The van der Waals surface area contributed by atoms with Gasteiger partial charge < -0.3 is 10.6 Å². The van der Waals surface area contributed by atoms with Crippen LogP contribution in [0.1, 0.15) is 11.1 Å². The van der Waals surface area contributed by atoms with Gasteiger partial charge in [0.15, 0.2) is 16.7 Å². The molecule has 2 N–H and O–H groups in total. The first-order chi connectivity index (χ1) is 12.1. The topological polar surface area (TPSA) is 78.6 Å². The Balaban J connectivity index is 2.06. The van der Waals surface area contributed by atoms with E-state index in [9.17, 15) is 5.26 Å². The number of rotatable bonds is 4. The quantitative estimate of drug-likeness (QED) is 0.557. The normalized spacial score (nSPS) is 10.2.